The van der Waals surface area contributed by atoms with E-state index in [4.69, 9.17) is 0 Å². The predicted octanol–water partition coefficient (Wildman–Crippen LogP) is 6.08. The van der Waals surface area contributed by atoms with Crippen LogP contribution in [-0.4, -0.2) is 0 Å². The van der Waals surface area contributed by atoms with Crippen LogP contribution in [0.25, 0.3) is 75.4 Å². The van der Waals surface area contributed by atoms with Crippen molar-refractivity contribution in [3.8, 4) is 0 Å². The number of rotatable bonds is 0. The minimum absolute atomic E-state index is 0.223. The third-order valence-corrected chi connectivity index (χ3v) is 7.84. The fraction of sp³-hybridized carbons (Fsp3) is 0. The van der Waals surface area contributed by atoms with Crippen LogP contribution in [0.15, 0.2) is 116 Å². The molecule has 0 amide bonds. The summed E-state index contributed by atoms with van der Waals surface area (Å²) < 4.78 is 0. The first-order chi connectivity index (χ1) is 18.5. The van der Waals surface area contributed by atoms with Crippen molar-refractivity contribution in [2.75, 3.05) is 0 Å². The topological polar surface area (TPSA) is 68.3 Å². The molecule has 0 heterocycles. The number of hydrogen-bond donors (Lipinski definition) is 0. The lowest BCUT2D eigenvalue weighted by Gasteiger charge is -2.08. The largest absolute Gasteiger partial charge is 0.289 e. The van der Waals surface area contributed by atoms with Crippen LogP contribution in [0, 0.1) is 0 Å². The SMILES string of the molecule is O=c1c2cc3ccccc3cc2c(=O)c2cc3cc4c(=O)c5cc6ccccc6cc5c(=O)c4cc3cc12. The maximum atomic E-state index is 13.6. The summed E-state index contributed by atoms with van der Waals surface area (Å²) in [6, 6.07) is 29.0. The molecule has 0 atom stereocenters. The quantitative estimate of drug-likeness (QED) is 0.243. The Morgan fingerprint density at radius 2 is 0.447 bits per heavy atom. The van der Waals surface area contributed by atoms with Gasteiger partial charge in [-0.1, -0.05) is 48.5 Å². The molecule has 0 saturated heterocycles. The molecule has 8 aromatic carbocycles. The molecule has 0 N–H and O–H groups in total. The van der Waals surface area contributed by atoms with Gasteiger partial charge in [-0.25, -0.2) is 0 Å². The van der Waals surface area contributed by atoms with E-state index >= 15 is 0 Å². The maximum Gasteiger partial charge on any atom is 0.194 e. The molecule has 38 heavy (non-hydrogen) atoms. The summed E-state index contributed by atoms with van der Waals surface area (Å²) in [7, 11) is 0. The fourth-order valence-corrected chi connectivity index (χ4v) is 5.91. The van der Waals surface area contributed by atoms with E-state index in [9.17, 15) is 19.2 Å². The van der Waals surface area contributed by atoms with E-state index in [0.29, 0.717) is 53.9 Å². The second-order valence-corrected chi connectivity index (χ2v) is 9.95. The van der Waals surface area contributed by atoms with Crippen molar-refractivity contribution in [3.63, 3.8) is 0 Å². The lowest BCUT2D eigenvalue weighted by Crippen LogP contribution is -2.14. The van der Waals surface area contributed by atoms with E-state index in [1.807, 2.05) is 48.5 Å². The molecule has 0 aromatic heterocycles. The summed E-state index contributed by atoms with van der Waals surface area (Å²) in [5.74, 6) is 0. The van der Waals surface area contributed by atoms with Gasteiger partial charge in [0.2, 0.25) is 0 Å². The highest BCUT2D eigenvalue weighted by atomic mass is 16.1. The van der Waals surface area contributed by atoms with Crippen molar-refractivity contribution in [2.24, 2.45) is 0 Å². The Labute approximate surface area is 213 Å². The van der Waals surface area contributed by atoms with Gasteiger partial charge in [0.15, 0.2) is 21.7 Å². The highest BCUT2D eigenvalue weighted by Crippen LogP contribution is 2.28. The van der Waals surface area contributed by atoms with E-state index in [0.717, 1.165) is 21.5 Å². The minimum atomic E-state index is -0.223. The Morgan fingerprint density at radius 3 is 0.658 bits per heavy atom. The second kappa shape index (κ2) is 7.17. The van der Waals surface area contributed by atoms with Crippen molar-refractivity contribution in [3.05, 3.63) is 138 Å². The third-order valence-electron chi connectivity index (χ3n) is 7.84. The molecule has 4 heteroatoms. The van der Waals surface area contributed by atoms with Crippen molar-refractivity contribution in [2.45, 2.75) is 0 Å². The molecule has 0 saturated carbocycles. The van der Waals surface area contributed by atoms with Gasteiger partial charge in [0.25, 0.3) is 0 Å². The molecule has 0 aliphatic heterocycles. The van der Waals surface area contributed by atoms with E-state index in [-0.39, 0.29) is 21.7 Å². The first kappa shape index (κ1) is 20.9. The first-order valence-electron chi connectivity index (χ1n) is 12.3. The van der Waals surface area contributed by atoms with Gasteiger partial charge in [0.1, 0.15) is 0 Å². The number of hydrogen-bond acceptors (Lipinski definition) is 4. The lowest BCUT2D eigenvalue weighted by molar-refractivity contribution is 1.68. The molecule has 0 aliphatic carbocycles. The van der Waals surface area contributed by atoms with Gasteiger partial charge >= 0.3 is 0 Å². The molecule has 0 radical (unpaired) electrons. The second-order valence-electron chi connectivity index (χ2n) is 9.95. The zero-order valence-corrected chi connectivity index (χ0v) is 19.9. The van der Waals surface area contributed by atoms with E-state index < -0.39 is 0 Å². The Bertz CT molecular complexity index is 2230. The van der Waals surface area contributed by atoms with Crippen LogP contribution < -0.4 is 21.7 Å². The van der Waals surface area contributed by atoms with Crippen molar-refractivity contribution < 1.29 is 0 Å². The van der Waals surface area contributed by atoms with E-state index in [1.165, 1.54) is 0 Å². The molecule has 0 aliphatic rings. The van der Waals surface area contributed by atoms with Gasteiger partial charge in [0, 0.05) is 43.1 Å². The minimum Gasteiger partial charge on any atom is -0.289 e. The van der Waals surface area contributed by atoms with Crippen LogP contribution in [0.4, 0.5) is 0 Å². The molecule has 0 fully saturated rings. The molecular weight excluding hydrogens is 472 g/mol. The summed E-state index contributed by atoms with van der Waals surface area (Å²) in [6.45, 7) is 0. The Balaban J connectivity index is 1.53. The van der Waals surface area contributed by atoms with Crippen LogP contribution in [0.3, 0.4) is 0 Å². The van der Waals surface area contributed by atoms with Crippen LogP contribution in [0.2, 0.25) is 0 Å². The van der Waals surface area contributed by atoms with Crippen LogP contribution >= 0.6 is 0 Å². The van der Waals surface area contributed by atoms with Crippen LogP contribution in [0.5, 0.6) is 0 Å². The maximum absolute atomic E-state index is 13.6. The zero-order valence-electron chi connectivity index (χ0n) is 19.9. The molecule has 4 nitrogen and oxygen atoms in total. The van der Waals surface area contributed by atoms with E-state index in [2.05, 4.69) is 0 Å². The highest BCUT2D eigenvalue weighted by Gasteiger charge is 2.16. The molecule has 8 rings (SSSR count). The van der Waals surface area contributed by atoms with Crippen molar-refractivity contribution >= 4 is 75.4 Å². The summed E-state index contributed by atoms with van der Waals surface area (Å²) in [4.78, 5) is 54.2. The van der Waals surface area contributed by atoms with Crippen molar-refractivity contribution in [1.82, 2.24) is 0 Å². The summed E-state index contributed by atoms with van der Waals surface area (Å²) in [6.07, 6.45) is 0. The van der Waals surface area contributed by atoms with Gasteiger partial charge in [-0.05, 0) is 80.8 Å². The third kappa shape index (κ3) is 2.69. The molecule has 0 bridgehead atoms. The van der Waals surface area contributed by atoms with Gasteiger partial charge in [-0.15, -0.1) is 0 Å². The average Bonchev–Trinajstić information content (AvgIpc) is 2.95. The van der Waals surface area contributed by atoms with E-state index in [1.54, 1.807) is 48.5 Å². The molecular formula is C34H16O4. The molecule has 0 spiro atoms. The van der Waals surface area contributed by atoms with Gasteiger partial charge < -0.3 is 0 Å². The van der Waals surface area contributed by atoms with Gasteiger partial charge in [-0.3, -0.25) is 19.2 Å². The normalized spacial score (nSPS) is 12.1. The average molecular weight is 488 g/mol. The number of benzene rings is 8. The van der Waals surface area contributed by atoms with Crippen LogP contribution in [0.1, 0.15) is 0 Å². The summed E-state index contributed by atoms with van der Waals surface area (Å²) in [5, 5.41) is 7.60. The Kier molecular flexibility index (Phi) is 3.95. The Morgan fingerprint density at radius 1 is 0.263 bits per heavy atom. The zero-order chi connectivity index (χ0) is 25.7. The standard InChI is InChI=1S/C34H16O4/c35-31-23-9-17-5-1-2-6-18(17)10-24(23)32(36)28-14-22-16-30-29(15-21(22)13-27(28)31)33(37)25-11-19-7-3-4-8-20(19)12-26(25)34(30)38/h1-16H. The van der Waals surface area contributed by atoms with Crippen molar-refractivity contribution in [1.29, 1.82) is 0 Å². The highest BCUT2D eigenvalue weighted by molar-refractivity contribution is 6.12. The summed E-state index contributed by atoms with van der Waals surface area (Å²) >= 11 is 0. The lowest BCUT2D eigenvalue weighted by atomic mass is 9.93. The smallest absolute Gasteiger partial charge is 0.194 e. The predicted molar refractivity (Wildman–Crippen MR) is 156 cm³/mol. The van der Waals surface area contributed by atoms with Gasteiger partial charge in [-0.2, -0.15) is 0 Å². The molecule has 8 aromatic rings. The van der Waals surface area contributed by atoms with Crippen LogP contribution in [-0.2, 0) is 0 Å². The Hall–Kier alpha value is -5.22. The first-order valence-corrected chi connectivity index (χ1v) is 12.3. The summed E-state index contributed by atoms with van der Waals surface area (Å²) in [5.41, 5.74) is -0.892. The van der Waals surface area contributed by atoms with Gasteiger partial charge in [0.05, 0.1) is 0 Å². The molecule has 0 unspecified atom stereocenters. The molecule has 176 valence electrons. The monoisotopic (exact) mass is 488 g/mol. The number of fused-ring (bicyclic) bond motifs is 7. The fourth-order valence-electron chi connectivity index (χ4n) is 5.91.